The summed E-state index contributed by atoms with van der Waals surface area (Å²) in [6.07, 6.45) is 2.68. The predicted molar refractivity (Wildman–Crippen MR) is 102 cm³/mol. The summed E-state index contributed by atoms with van der Waals surface area (Å²) < 4.78 is 0. The first kappa shape index (κ1) is 24.8. The van der Waals surface area contributed by atoms with Crippen molar-refractivity contribution in [1.29, 1.82) is 0 Å². The molecule has 0 aliphatic carbocycles. The van der Waals surface area contributed by atoms with Gasteiger partial charge >= 0.3 is 0 Å². The SMILES string of the molecule is CC(C)C[C@H](NC(=O)[C@H]([NH3+])C(C)C)C(=O)N[C@@H](CCCC[NH3+])C(=O)CCl. The molecular weight excluding hydrogens is 356 g/mol. The highest BCUT2D eigenvalue weighted by Crippen LogP contribution is 2.09. The van der Waals surface area contributed by atoms with Crippen molar-refractivity contribution in [1.82, 2.24) is 10.6 Å². The molecule has 0 fully saturated rings. The van der Waals surface area contributed by atoms with Crippen LogP contribution < -0.4 is 22.1 Å². The molecule has 0 unspecified atom stereocenters. The zero-order chi connectivity index (χ0) is 20.3. The van der Waals surface area contributed by atoms with E-state index in [1.165, 1.54) is 0 Å². The normalized spacial score (nSPS) is 14.8. The number of ketones is 1. The molecule has 0 aromatic rings. The van der Waals surface area contributed by atoms with E-state index in [4.69, 9.17) is 11.6 Å². The van der Waals surface area contributed by atoms with Gasteiger partial charge in [-0.1, -0.05) is 27.7 Å². The Morgan fingerprint density at radius 3 is 2.00 bits per heavy atom. The summed E-state index contributed by atoms with van der Waals surface area (Å²) in [5.41, 5.74) is 7.64. The molecule has 0 saturated heterocycles. The lowest BCUT2D eigenvalue weighted by Crippen LogP contribution is -2.71. The molecule has 7 nitrogen and oxygen atoms in total. The quantitative estimate of drug-likeness (QED) is 0.248. The zero-order valence-corrected chi connectivity index (χ0v) is 17.4. The highest BCUT2D eigenvalue weighted by molar-refractivity contribution is 6.28. The monoisotopic (exact) mass is 392 g/mol. The molecule has 2 amide bonds. The van der Waals surface area contributed by atoms with Crippen molar-refractivity contribution in [2.24, 2.45) is 11.8 Å². The first-order chi connectivity index (χ1) is 12.1. The van der Waals surface area contributed by atoms with Crippen LogP contribution in [0.5, 0.6) is 0 Å². The van der Waals surface area contributed by atoms with E-state index in [0.717, 1.165) is 19.4 Å². The number of quaternary nitrogens is 2. The largest absolute Gasteiger partial charge is 0.358 e. The summed E-state index contributed by atoms with van der Waals surface area (Å²) in [6, 6.07) is -1.75. The Hall–Kier alpha value is -1.18. The number of Topliss-reactive ketones (excluding diaryl/α,β-unsaturated/α-hetero) is 1. The predicted octanol–water partition coefficient (Wildman–Crippen LogP) is -0.511. The zero-order valence-electron chi connectivity index (χ0n) is 16.6. The molecule has 0 heterocycles. The molecule has 0 aromatic heterocycles. The number of carbonyl (C=O) groups excluding carboxylic acids is 3. The molecule has 26 heavy (non-hydrogen) atoms. The summed E-state index contributed by atoms with van der Waals surface area (Å²) in [4.78, 5) is 37.1. The van der Waals surface area contributed by atoms with E-state index < -0.39 is 18.1 Å². The molecule has 0 aliphatic heterocycles. The topological polar surface area (TPSA) is 131 Å². The highest BCUT2D eigenvalue weighted by atomic mass is 35.5. The second-order valence-corrected chi connectivity index (χ2v) is 7.82. The Kier molecular flexibility index (Phi) is 12.5. The van der Waals surface area contributed by atoms with E-state index in [0.29, 0.717) is 12.8 Å². The summed E-state index contributed by atoms with van der Waals surface area (Å²) in [6.45, 7) is 8.55. The van der Waals surface area contributed by atoms with Gasteiger partial charge in [0.15, 0.2) is 11.8 Å². The van der Waals surface area contributed by atoms with Crippen molar-refractivity contribution >= 4 is 29.2 Å². The van der Waals surface area contributed by atoms with Gasteiger partial charge in [0.25, 0.3) is 5.91 Å². The van der Waals surface area contributed by atoms with Crippen LogP contribution in [0.3, 0.4) is 0 Å². The van der Waals surface area contributed by atoms with E-state index in [2.05, 4.69) is 22.1 Å². The van der Waals surface area contributed by atoms with Crippen LogP contribution in [0.2, 0.25) is 0 Å². The fraction of sp³-hybridized carbons (Fsp3) is 0.833. The highest BCUT2D eigenvalue weighted by Gasteiger charge is 2.30. The number of amides is 2. The van der Waals surface area contributed by atoms with Crippen molar-refractivity contribution < 1.29 is 25.9 Å². The maximum atomic E-state index is 12.7. The number of carbonyl (C=O) groups is 3. The van der Waals surface area contributed by atoms with Gasteiger partial charge in [0.05, 0.1) is 18.5 Å². The van der Waals surface area contributed by atoms with Gasteiger partial charge in [-0.15, -0.1) is 11.6 Å². The minimum Gasteiger partial charge on any atom is -0.358 e. The summed E-state index contributed by atoms with van der Waals surface area (Å²) in [5.74, 6) is -0.673. The van der Waals surface area contributed by atoms with E-state index in [-0.39, 0.29) is 35.3 Å². The number of nitrogens with one attached hydrogen (secondary N) is 2. The molecule has 0 spiro atoms. The van der Waals surface area contributed by atoms with Crippen LogP contribution in [0.15, 0.2) is 0 Å². The Morgan fingerprint density at radius 1 is 0.962 bits per heavy atom. The van der Waals surface area contributed by atoms with E-state index in [1.807, 2.05) is 27.7 Å². The molecule has 0 bridgehead atoms. The van der Waals surface area contributed by atoms with Crippen LogP contribution in [0, 0.1) is 11.8 Å². The number of halogens is 1. The number of unbranched alkanes of at least 4 members (excludes halogenated alkanes) is 1. The van der Waals surface area contributed by atoms with Crippen LogP contribution in [0.4, 0.5) is 0 Å². The lowest BCUT2D eigenvalue weighted by molar-refractivity contribution is -0.414. The first-order valence-electron chi connectivity index (χ1n) is 9.45. The maximum Gasteiger partial charge on any atom is 0.279 e. The van der Waals surface area contributed by atoms with Crippen LogP contribution >= 0.6 is 11.6 Å². The van der Waals surface area contributed by atoms with Crippen molar-refractivity contribution in [3.05, 3.63) is 0 Å². The maximum absolute atomic E-state index is 12.7. The standard InChI is InChI=1S/C18H35ClN4O3/c1-11(2)9-14(23-18(26)16(21)12(3)4)17(25)22-13(15(24)10-19)7-5-6-8-20/h11-14,16H,5-10,20-21H2,1-4H3,(H,22,25)(H,23,26)/p+2/t13-,14-,16+/m0/s1. The Balaban J connectivity index is 5.06. The van der Waals surface area contributed by atoms with Crippen molar-refractivity contribution in [2.45, 2.75) is 71.5 Å². The number of alkyl halides is 1. The van der Waals surface area contributed by atoms with E-state index >= 15 is 0 Å². The molecule has 3 atom stereocenters. The van der Waals surface area contributed by atoms with Gasteiger partial charge in [0.1, 0.15) is 6.04 Å². The lowest BCUT2D eigenvalue weighted by atomic mass is 9.99. The lowest BCUT2D eigenvalue weighted by Gasteiger charge is -2.24. The molecule has 0 aromatic carbocycles. The Bertz CT molecular complexity index is 458. The Labute approximate surface area is 162 Å². The number of hydrogen-bond acceptors (Lipinski definition) is 3. The molecular formula is C18H37ClN4O3+2. The van der Waals surface area contributed by atoms with E-state index in [1.54, 1.807) is 0 Å². The molecule has 0 saturated carbocycles. The third-order valence-electron chi connectivity index (χ3n) is 4.31. The van der Waals surface area contributed by atoms with Crippen LogP contribution in [0.1, 0.15) is 53.4 Å². The third kappa shape index (κ3) is 9.50. The van der Waals surface area contributed by atoms with Crippen LogP contribution in [-0.4, -0.2) is 48.1 Å². The molecule has 8 N–H and O–H groups in total. The second-order valence-electron chi connectivity index (χ2n) is 7.55. The average molecular weight is 393 g/mol. The van der Waals surface area contributed by atoms with E-state index in [9.17, 15) is 14.4 Å². The van der Waals surface area contributed by atoms with Crippen molar-refractivity contribution in [3.63, 3.8) is 0 Å². The number of hydrogen-bond donors (Lipinski definition) is 4. The van der Waals surface area contributed by atoms with Gasteiger partial charge in [-0.3, -0.25) is 14.4 Å². The fourth-order valence-electron chi connectivity index (χ4n) is 2.49. The van der Waals surface area contributed by atoms with Gasteiger partial charge in [-0.2, -0.15) is 0 Å². The Morgan fingerprint density at radius 2 is 1.54 bits per heavy atom. The molecule has 8 heteroatoms. The van der Waals surface area contributed by atoms with Crippen molar-refractivity contribution in [3.8, 4) is 0 Å². The molecule has 0 rings (SSSR count). The fourth-order valence-corrected chi connectivity index (χ4v) is 2.68. The van der Waals surface area contributed by atoms with Gasteiger partial charge in [0, 0.05) is 5.92 Å². The van der Waals surface area contributed by atoms with Gasteiger partial charge in [-0.05, 0) is 31.6 Å². The summed E-state index contributed by atoms with van der Waals surface area (Å²) in [5, 5.41) is 5.57. The molecule has 0 radical (unpaired) electrons. The van der Waals surface area contributed by atoms with Gasteiger partial charge in [-0.25, -0.2) is 0 Å². The van der Waals surface area contributed by atoms with Crippen molar-refractivity contribution in [2.75, 3.05) is 12.4 Å². The smallest absolute Gasteiger partial charge is 0.279 e. The van der Waals surface area contributed by atoms with Gasteiger partial charge in [0.2, 0.25) is 5.91 Å². The third-order valence-corrected chi connectivity index (χ3v) is 4.57. The van der Waals surface area contributed by atoms with Crippen LogP contribution in [-0.2, 0) is 14.4 Å². The first-order valence-corrected chi connectivity index (χ1v) is 9.99. The second kappa shape index (κ2) is 13.1. The molecule has 152 valence electrons. The van der Waals surface area contributed by atoms with Gasteiger partial charge < -0.3 is 22.1 Å². The number of rotatable bonds is 13. The molecule has 0 aliphatic rings. The summed E-state index contributed by atoms with van der Waals surface area (Å²) >= 11 is 5.68. The van der Waals surface area contributed by atoms with Crippen LogP contribution in [0.25, 0.3) is 0 Å². The minimum atomic E-state index is -0.691. The average Bonchev–Trinajstić information content (AvgIpc) is 2.58. The minimum absolute atomic E-state index is 0.0750. The summed E-state index contributed by atoms with van der Waals surface area (Å²) in [7, 11) is 0.